The summed E-state index contributed by atoms with van der Waals surface area (Å²) >= 11 is 3.03. The Kier molecular flexibility index (Phi) is 8.31. The molecule has 2 aromatic carbocycles. The average molecular weight is 457 g/mol. The quantitative estimate of drug-likeness (QED) is 0.328. The van der Waals surface area contributed by atoms with Gasteiger partial charge in [0.1, 0.15) is 11.6 Å². The zero-order chi connectivity index (χ0) is 22.2. The van der Waals surface area contributed by atoms with Crippen molar-refractivity contribution in [3.8, 4) is 0 Å². The number of thioether (sulfide) groups is 2. The van der Waals surface area contributed by atoms with E-state index in [2.05, 4.69) is 22.1 Å². The molecule has 8 heteroatoms. The summed E-state index contributed by atoms with van der Waals surface area (Å²) in [6.45, 7) is 8.44. The Hall–Kier alpha value is -2.58. The maximum atomic E-state index is 13.0. The van der Waals surface area contributed by atoms with E-state index < -0.39 is 0 Å². The molecular formula is C23H25FN4OS2. The maximum Gasteiger partial charge on any atom is 0.234 e. The molecule has 0 radical (unpaired) electrons. The Morgan fingerprint density at radius 3 is 2.61 bits per heavy atom. The fourth-order valence-corrected chi connectivity index (χ4v) is 4.53. The summed E-state index contributed by atoms with van der Waals surface area (Å²) in [7, 11) is 0. The monoisotopic (exact) mass is 456 g/mol. The number of aryl methyl sites for hydroxylation is 2. The topological polar surface area (TPSA) is 59.8 Å². The summed E-state index contributed by atoms with van der Waals surface area (Å²) in [6.07, 6.45) is 1.79. The Labute approximate surface area is 190 Å². The van der Waals surface area contributed by atoms with Crippen LogP contribution in [0.15, 0.2) is 60.3 Å². The van der Waals surface area contributed by atoms with E-state index in [1.165, 1.54) is 29.5 Å². The Bertz CT molecular complexity index is 1050. The van der Waals surface area contributed by atoms with Crippen LogP contribution in [0.25, 0.3) is 0 Å². The second-order valence-electron chi connectivity index (χ2n) is 7.05. The van der Waals surface area contributed by atoms with Crippen LogP contribution in [0.5, 0.6) is 0 Å². The van der Waals surface area contributed by atoms with Crippen molar-refractivity contribution in [2.75, 3.05) is 11.1 Å². The zero-order valence-corrected chi connectivity index (χ0v) is 19.2. The molecule has 1 amide bonds. The van der Waals surface area contributed by atoms with Crippen LogP contribution in [0.1, 0.15) is 22.5 Å². The third-order valence-electron chi connectivity index (χ3n) is 4.64. The minimum absolute atomic E-state index is 0.0892. The molecule has 0 saturated heterocycles. The molecule has 1 N–H and O–H groups in total. The highest BCUT2D eigenvalue weighted by Gasteiger charge is 2.14. The molecule has 1 heterocycles. The van der Waals surface area contributed by atoms with E-state index in [-0.39, 0.29) is 17.5 Å². The molecule has 5 nitrogen and oxygen atoms in total. The molecule has 0 unspecified atom stereocenters. The predicted octanol–water partition coefficient (Wildman–Crippen LogP) is 5.38. The summed E-state index contributed by atoms with van der Waals surface area (Å²) < 4.78 is 15.0. The van der Waals surface area contributed by atoms with Crippen molar-refractivity contribution >= 4 is 35.1 Å². The van der Waals surface area contributed by atoms with Crippen molar-refractivity contribution < 1.29 is 9.18 Å². The van der Waals surface area contributed by atoms with Gasteiger partial charge < -0.3 is 9.88 Å². The third-order valence-corrected chi connectivity index (χ3v) is 6.61. The van der Waals surface area contributed by atoms with Crippen LogP contribution in [0.4, 0.5) is 10.1 Å². The van der Waals surface area contributed by atoms with E-state index >= 15 is 0 Å². The number of hydrogen-bond acceptors (Lipinski definition) is 5. The fraction of sp³-hybridized carbons (Fsp3) is 0.261. The van der Waals surface area contributed by atoms with Crippen LogP contribution >= 0.6 is 23.5 Å². The van der Waals surface area contributed by atoms with Gasteiger partial charge in [-0.1, -0.05) is 36.0 Å². The van der Waals surface area contributed by atoms with Gasteiger partial charge >= 0.3 is 0 Å². The van der Waals surface area contributed by atoms with Crippen LogP contribution in [0.3, 0.4) is 0 Å². The minimum Gasteiger partial charge on any atom is -0.325 e. The van der Waals surface area contributed by atoms with Crippen LogP contribution in [0, 0.1) is 19.7 Å². The second-order valence-corrected chi connectivity index (χ2v) is 8.98. The summed E-state index contributed by atoms with van der Waals surface area (Å²) in [5.41, 5.74) is 4.17. The lowest BCUT2D eigenvalue weighted by Gasteiger charge is -2.09. The van der Waals surface area contributed by atoms with Crippen molar-refractivity contribution in [1.29, 1.82) is 0 Å². The van der Waals surface area contributed by atoms with Crippen molar-refractivity contribution in [2.24, 2.45) is 0 Å². The molecule has 3 aromatic rings. The summed E-state index contributed by atoms with van der Waals surface area (Å²) in [4.78, 5) is 12.4. The molecule has 3 rings (SSSR count). The number of allylic oxidation sites excluding steroid dienone is 1. The lowest BCUT2D eigenvalue weighted by atomic mass is 10.1. The van der Waals surface area contributed by atoms with Crippen LogP contribution in [-0.4, -0.2) is 26.4 Å². The molecule has 0 aliphatic rings. The number of aromatic nitrogens is 3. The SMILES string of the molecule is C=CCn1c(CSCc2ccc(F)cc2)nnc1SCC(=O)Nc1ccc(C)c(C)c1. The van der Waals surface area contributed by atoms with Gasteiger partial charge in [-0.2, -0.15) is 0 Å². The maximum absolute atomic E-state index is 13.0. The smallest absolute Gasteiger partial charge is 0.234 e. The van der Waals surface area contributed by atoms with Crippen LogP contribution in [0.2, 0.25) is 0 Å². The molecule has 0 aliphatic carbocycles. The Morgan fingerprint density at radius 1 is 1.13 bits per heavy atom. The second kappa shape index (κ2) is 11.2. The molecule has 0 aliphatic heterocycles. The highest BCUT2D eigenvalue weighted by Crippen LogP contribution is 2.22. The first-order chi connectivity index (χ1) is 15.0. The van der Waals surface area contributed by atoms with E-state index in [0.29, 0.717) is 17.5 Å². The highest BCUT2D eigenvalue weighted by atomic mass is 32.2. The van der Waals surface area contributed by atoms with E-state index in [4.69, 9.17) is 0 Å². The molecule has 31 heavy (non-hydrogen) atoms. The van der Waals surface area contributed by atoms with Gasteiger partial charge in [0.15, 0.2) is 5.16 Å². The highest BCUT2D eigenvalue weighted by molar-refractivity contribution is 7.99. The minimum atomic E-state index is -0.234. The van der Waals surface area contributed by atoms with E-state index in [0.717, 1.165) is 28.4 Å². The molecule has 0 bridgehead atoms. The van der Waals surface area contributed by atoms with Crippen molar-refractivity contribution in [3.63, 3.8) is 0 Å². The molecule has 1 aromatic heterocycles. The number of rotatable bonds is 10. The fourth-order valence-electron chi connectivity index (χ4n) is 2.83. The van der Waals surface area contributed by atoms with Gasteiger partial charge in [-0.05, 0) is 54.8 Å². The number of nitrogens with one attached hydrogen (secondary N) is 1. The number of hydrogen-bond donors (Lipinski definition) is 1. The molecule has 162 valence electrons. The first-order valence-electron chi connectivity index (χ1n) is 9.81. The van der Waals surface area contributed by atoms with Crippen LogP contribution in [-0.2, 0) is 22.8 Å². The Balaban J connectivity index is 1.56. The number of anilines is 1. The zero-order valence-electron chi connectivity index (χ0n) is 17.6. The number of nitrogens with zero attached hydrogens (tertiary/aromatic N) is 3. The van der Waals surface area contributed by atoms with Crippen molar-refractivity contribution in [2.45, 2.75) is 37.1 Å². The first kappa shape index (κ1) is 23.1. The van der Waals surface area contributed by atoms with E-state index in [9.17, 15) is 9.18 Å². The summed E-state index contributed by atoms with van der Waals surface area (Å²) in [5, 5.41) is 12.2. The lowest BCUT2D eigenvalue weighted by Crippen LogP contribution is -2.15. The van der Waals surface area contributed by atoms with Gasteiger partial charge in [0.2, 0.25) is 5.91 Å². The van der Waals surface area contributed by atoms with Gasteiger partial charge in [0.25, 0.3) is 0 Å². The molecule has 0 atom stereocenters. The summed E-state index contributed by atoms with van der Waals surface area (Å²) in [6, 6.07) is 12.4. The number of amides is 1. The van der Waals surface area contributed by atoms with E-state index in [1.54, 1.807) is 30.0 Å². The Morgan fingerprint density at radius 2 is 1.90 bits per heavy atom. The molecular weight excluding hydrogens is 431 g/mol. The van der Waals surface area contributed by atoms with Gasteiger partial charge in [0.05, 0.1) is 11.5 Å². The van der Waals surface area contributed by atoms with Crippen LogP contribution < -0.4 is 5.32 Å². The van der Waals surface area contributed by atoms with E-state index in [1.807, 2.05) is 36.6 Å². The number of carbonyl (C=O) groups excluding carboxylic acids is 1. The van der Waals surface area contributed by atoms with Gasteiger partial charge in [-0.25, -0.2) is 4.39 Å². The number of carbonyl (C=O) groups is 1. The molecule has 0 fully saturated rings. The van der Waals surface area contributed by atoms with Crippen molar-refractivity contribution in [1.82, 2.24) is 14.8 Å². The molecule has 0 saturated carbocycles. The van der Waals surface area contributed by atoms with Gasteiger partial charge in [0, 0.05) is 18.0 Å². The normalized spacial score (nSPS) is 10.8. The number of halogens is 1. The predicted molar refractivity (Wildman–Crippen MR) is 127 cm³/mol. The molecule has 0 spiro atoms. The van der Waals surface area contributed by atoms with Gasteiger partial charge in [-0.15, -0.1) is 28.5 Å². The van der Waals surface area contributed by atoms with Crippen molar-refractivity contribution in [3.05, 3.63) is 83.5 Å². The standard InChI is InChI=1S/C23H25FN4OS2/c1-4-11-28-21(14-30-13-18-6-8-19(24)9-7-18)26-27-23(28)31-15-22(29)25-20-10-5-16(2)17(3)12-20/h4-10,12H,1,11,13-15H2,2-3H3,(H,25,29). The lowest BCUT2D eigenvalue weighted by molar-refractivity contribution is -0.113. The first-order valence-corrected chi connectivity index (χ1v) is 12.0. The van der Waals surface area contributed by atoms with Gasteiger partial charge in [-0.3, -0.25) is 4.79 Å². The summed E-state index contributed by atoms with van der Waals surface area (Å²) in [5.74, 6) is 2.15. The largest absolute Gasteiger partial charge is 0.325 e. The number of benzene rings is 2. The average Bonchev–Trinajstić information content (AvgIpc) is 3.13. The third kappa shape index (κ3) is 6.70.